The Kier molecular flexibility index (Phi) is 4.15. The number of anilines is 1. The molecular weight excluding hydrogens is 246 g/mol. The van der Waals surface area contributed by atoms with Crippen molar-refractivity contribution in [2.45, 2.75) is 6.10 Å². The number of nitrogens with one attached hydrogen (secondary N) is 1. The minimum absolute atomic E-state index is 0.171. The van der Waals surface area contributed by atoms with E-state index in [0.29, 0.717) is 23.8 Å². The van der Waals surface area contributed by atoms with Gasteiger partial charge in [-0.2, -0.15) is 0 Å². The molecule has 1 unspecified atom stereocenters. The van der Waals surface area contributed by atoms with Gasteiger partial charge in [0.2, 0.25) is 5.88 Å². The number of aliphatic hydroxyl groups excluding tert-OH is 1. The standard InChI is InChI=1S/C13H15N3O3/c1-19-13-6-12(15-8-16-13)14-7-11(18)9-2-4-10(17)5-3-9/h2-6,8,11,17-18H,7H2,1H3,(H,14,15,16). The van der Waals surface area contributed by atoms with Crippen LogP contribution in [0.3, 0.4) is 0 Å². The zero-order chi connectivity index (χ0) is 13.7. The number of aromatic nitrogens is 2. The number of aromatic hydroxyl groups is 1. The molecule has 1 atom stereocenters. The molecule has 0 amide bonds. The second-order valence-electron chi connectivity index (χ2n) is 3.93. The molecule has 0 radical (unpaired) electrons. The molecule has 0 aliphatic carbocycles. The van der Waals surface area contributed by atoms with Crippen molar-refractivity contribution >= 4 is 5.82 Å². The summed E-state index contributed by atoms with van der Waals surface area (Å²) < 4.78 is 4.98. The van der Waals surface area contributed by atoms with Crippen molar-refractivity contribution in [3.63, 3.8) is 0 Å². The zero-order valence-corrected chi connectivity index (χ0v) is 10.4. The van der Waals surface area contributed by atoms with Crippen LogP contribution in [0.4, 0.5) is 5.82 Å². The summed E-state index contributed by atoms with van der Waals surface area (Å²) in [6.07, 6.45) is 0.690. The van der Waals surface area contributed by atoms with E-state index in [-0.39, 0.29) is 5.75 Å². The average Bonchev–Trinajstić information content (AvgIpc) is 2.46. The number of aliphatic hydroxyl groups is 1. The van der Waals surface area contributed by atoms with Crippen molar-refractivity contribution in [3.8, 4) is 11.6 Å². The molecule has 0 aliphatic heterocycles. The van der Waals surface area contributed by atoms with Gasteiger partial charge < -0.3 is 20.3 Å². The third-order valence-electron chi connectivity index (χ3n) is 2.61. The van der Waals surface area contributed by atoms with Crippen LogP contribution in [0.25, 0.3) is 0 Å². The third kappa shape index (κ3) is 3.56. The van der Waals surface area contributed by atoms with E-state index in [1.165, 1.54) is 25.6 Å². The minimum atomic E-state index is -0.693. The normalized spacial score (nSPS) is 11.9. The van der Waals surface area contributed by atoms with Gasteiger partial charge in [0.05, 0.1) is 13.2 Å². The smallest absolute Gasteiger partial charge is 0.218 e. The van der Waals surface area contributed by atoms with Gasteiger partial charge in [0.1, 0.15) is 17.9 Å². The maximum absolute atomic E-state index is 9.98. The van der Waals surface area contributed by atoms with Gasteiger partial charge in [0.25, 0.3) is 0 Å². The molecule has 19 heavy (non-hydrogen) atoms. The van der Waals surface area contributed by atoms with Crippen molar-refractivity contribution in [1.29, 1.82) is 0 Å². The van der Waals surface area contributed by atoms with Crippen molar-refractivity contribution in [3.05, 3.63) is 42.2 Å². The topological polar surface area (TPSA) is 87.5 Å². The fourth-order valence-electron chi connectivity index (χ4n) is 1.56. The van der Waals surface area contributed by atoms with Crippen molar-refractivity contribution in [1.82, 2.24) is 9.97 Å². The molecule has 0 aliphatic rings. The molecule has 1 aromatic carbocycles. The minimum Gasteiger partial charge on any atom is -0.508 e. The van der Waals surface area contributed by atoms with E-state index in [1.807, 2.05) is 0 Å². The highest BCUT2D eigenvalue weighted by Crippen LogP contribution is 2.17. The Labute approximate surface area is 110 Å². The summed E-state index contributed by atoms with van der Waals surface area (Å²) in [5, 5.41) is 22.1. The maximum Gasteiger partial charge on any atom is 0.218 e. The molecule has 6 nitrogen and oxygen atoms in total. The van der Waals surface area contributed by atoms with Crippen LogP contribution in [0, 0.1) is 0 Å². The predicted octanol–water partition coefficient (Wildman–Crippen LogP) is 1.34. The molecular formula is C13H15N3O3. The number of hydrogen-bond donors (Lipinski definition) is 3. The van der Waals surface area contributed by atoms with Crippen LogP contribution >= 0.6 is 0 Å². The van der Waals surface area contributed by atoms with Gasteiger partial charge in [-0.1, -0.05) is 12.1 Å². The average molecular weight is 261 g/mol. The number of hydrogen-bond acceptors (Lipinski definition) is 6. The van der Waals surface area contributed by atoms with Crippen LogP contribution < -0.4 is 10.1 Å². The Balaban J connectivity index is 1.96. The fourth-order valence-corrected chi connectivity index (χ4v) is 1.56. The lowest BCUT2D eigenvalue weighted by Crippen LogP contribution is -2.13. The molecule has 0 saturated heterocycles. The molecule has 1 heterocycles. The van der Waals surface area contributed by atoms with E-state index in [0.717, 1.165) is 0 Å². The van der Waals surface area contributed by atoms with E-state index in [2.05, 4.69) is 15.3 Å². The lowest BCUT2D eigenvalue weighted by Gasteiger charge is -2.12. The summed E-state index contributed by atoms with van der Waals surface area (Å²) in [4.78, 5) is 7.90. The van der Waals surface area contributed by atoms with Crippen LogP contribution in [0.15, 0.2) is 36.7 Å². The summed E-state index contributed by atoms with van der Waals surface area (Å²) in [7, 11) is 1.53. The van der Waals surface area contributed by atoms with Crippen LogP contribution in [-0.2, 0) is 0 Å². The summed E-state index contributed by atoms with van der Waals surface area (Å²) in [6.45, 7) is 0.297. The van der Waals surface area contributed by atoms with Gasteiger partial charge in [0, 0.05) is 12.6 Å². The van der Waals surface area contributed by atoms with Gasteiger partial charge in [-0.15, -0.1) is 0 Å². The largest absolute Gasteiger partial charge is 0.508 e. The molecule has 0 spiro atoms. The number of nitrogens with zero attached hydrogens (tertiary/aromatic N) is 2. The highest BCUT2D eigenvalue weighted by atomic mass is 16.5. The van der Waals surface area contributed by atoms with E-state index in [1.54, 1.807) is 18.2 Å². The first-order chi connectivity index (χ1) is 9.19. The second-order valence-corrected chi connectivity index (χ2v) is 3.93. The van der Waals surface area contributed by atoms with Crippen molar-refractivity contribution in [2.24, 2.45) is 0 Å². The first kappa shape index (κ1) is 13.1. The van der Waals surface area contributed by atoms with Crippen molar-refractivity contribution < 1.29 is 14.9 Å². The molecule has 0 bridgehead atoms. The summed E-state index contributed by atoms with van der Waals surface area (Å²) >= 11 is 0. The molecule has 100 valence electrons. The maximum atomic E-state index is 9.98. The monoisotopic (exact) mass is 261 g/mol. The number of rotatable bonds is 5. The number of phenolic OH excluding ortho intramolecular Hbond substituents is 1. The Bertz CT molecular complexity index is 531. The summed E-state index contributed by atoms with van der Waals surface area (Å²) in [5.74, 6) is 1.20. The lowest BCUT2D eigenvalue weighted by atomic mass is 10.1. The molecule has 0 saturated carbocycles. The molecule has 2 rings (SSSR count). The Hall–Kier alpha value is -2.34. The SMILES string of the molecule is COc1cc(NCC(O)c2ccc(O)cc2)ncn1. The molecule has 0 fully saturated rings. The highest BCUT2D eigenvalue weighted by molar-refractivity contribution is 5.37. The van der Waals surface area contributed by atoms with Crippen molar-refractivity contribution in [2.75, 3.05) is 19.0 Å². The van der Waals surface area contributed by atoms with Crippen LogP contribution in [-0.4, -0.2) is 33.8 Å². The number of phenols is 1. The Morgan fingerprint density at radius 2 is 2.00 bits per heavy atom. The number of benzene rings is 1. The van der Waals surface area contributed by atoms with Crippen LogP contribution in [0.5, 0.6) is 11.6 Å². The summed E-state index contributed by atoms with van der Waals surface area (Å²) in [6, 6.07) is 8.05. The highest BCUT2D eigenvalue weighted by Gasteiger charge is 2.08. The van der Waals surface area contributed by atoms with Gasteiger partial charge in [0.15, 0.2) is 0 Å². The van der Waals surface area contributed by atoms with Crippen LogP contribution in [0.2, 0.25) is 0 Å². The quantitative estimate of drug-likeness (QED) is 0.752. The fraction of sp³-hybridized carbons (Fsp3) is 0.231. The lowest BCUT2D eigenvalue weighted by molar-refractivity contribution is 0.191. The number of methoxy groups -OCH3 is 1. The Morgan fingerprint density at radius 3 is 2.68 bits per heavy atom. The van der Waals surface area contributed by atoms with E-state index in [4.69, 9.17) is 4.74 Å². The second kappa shape index (κ2) is 6.01. The first-order valence-corrected chi connectivity index (χ1v) is 5.76. The Morgan fingerprint density at radius 1 is 1.26 bits per heavy atom. The van der Waals surface area contributed by atoms with Gasteiger partial charge in [-0.05, 0) is 17.7 Å². The molecule has 2 aromatic rings. The van der Waals surface area contributed by atoms with E-state index < -0.39 is 6.10 Å². The third-order valence-corrected chi connectivity index (χ3v) is 2.61. The van der Waals surface area contributed by atoms with Crippen LogP contribution in [0.1, 0.15) is 11.7 Å². The molecule has 6 heteroatoms. The van der Waals surface area contributed by atoms with E-state index >= 15 is 0 Å². The molecule has 3 N–H and O–H groups in total. The van der Waals surface area contributed by atoms with E-state index in [9.17, 15) is 10.2 Å². The van der Waals surface area contributed by atoms with Gasteiger partial charge in [-0.25, -0.2) is 9.97 Å². The molecule has 1 aromatic heterocycles. The van der Waals surface area contributed by atoms with Gasteiger partial charge in [-0.3, -0.25) is 0 Å². The first-order valence-electron chi connectivity index (χ1n) is 5.76. The van der Waals surface area contributed by atoms with Gasteiger partial charge >= 0.3 is 0 Å². The number of ether oxygens (including phenoxy) is 1. The predicted molar refractivity (Wildman–Crippen MR) is 70.1 cm³/mol. The zero-order valence-electron chi connectivity index (χ0n) is 10.4. The summed E-state index contributed by atoms with van der Waals surface area (Å²) in [5.41, 5.74) is 0.714.